The van der Waals surface area contributed by atoms with Gasteiger partial charge in [-0.15, -0.1) is 11.6 Å². The molecule has 1 aliphatic rings. The van der Waals surface area contributed by atoms with Crippen molar-refractivity contribution in [2.45, 2.75) is 31.7 Å². The van der Waals surface area contributed by atoms with Crippen LogP contribution in [0.5, 0.6) is 0 Å². The third-order valence-corrected chi connectivity index (χ3v) is 5.81. The average Bonchev–Trinajstić information content (AvgIpc) is 2.79. The molecule has 2 nitrogen and oxygen atoms in total. The van der Waals surface area contributed by atoms with Gasteiger partial charge in [-0.3, -0.25) is 0 Å². The first-order valence-electron chi connectivity index (χ1n) is 7.13. The first-order chi connectivity index (χ1) is 10.1. The molecule has 1 fully saturated rings. The fourth-order valence-electron chi connectivity index (χ4n) is 2.82. The van der Waals surface area contributed by atoms with Crippen LogP contribution in [0.2, 0.25) is 0 Å². The van der Waals surface area contributed by atoms with Gasteiger partial charge in [0.05, 0.1) is 20.9 Å². The van der Waals surface area contributed by atoms with E-state index in [1.54, 1.807) is 0 Å². The molecule has 0 amide bonds. The van der Waals surface area contributed by atoms with E-state index in [-0.39, 0.29) is 11.2 Å². The summed E-state index contributed by atoms with van der Waals surface area (Å²) < 4.78 is 16.4. The molecule has 1 atom stereocenters. The van der Waals surface area contributed by atoms with Crippen molar-refractivity contribution in [2.24, 2.45) is 5.92 Å². The van der Waals surface area contributed by atoms with E-state index in [0.717, 1.165) is 17.9 Å². The van der Waals surface area contributed by atoms with E-state index >= 15 is 0 Å². The van der Waals surface area contributed by atoms with Crippen molar-refractivity contribution >= 4 is 50.3 Å². The molecule has 1 aromatic heterocycles. The summed E-state index contributed by atoms with van der Waals surface area (Å²) in [6, 6.07) is 3.30. The van der Waals surface area contributed by atoms with Gasteiger partial charge in [0, 0.05) is 12.6 Å². The molecule has 2 aromatic rings. The summed E-state index contributed by atoms with van der Waals surface area (Å²) in [5.41, 5.74) is 1.65. The number of nitrogens with zero attached hydrogens (tertiary/aromatic N) is 2. The lowest BCUT2D eigenvalue weighted by Gasteiger charge is -2.23. The van der Waals surface area contributed by atoms with E-state index in [1.165, 1.54) is 30.4 Å². The molecule has 3 rings (SSSR count). The van der Waals surface area contributed by atoms with Crippen LogP contribution < -0.4 is 0 Å². The largest absolute Gasteiger partial charge is 0.326 e. The standard InChI is InChI=1S/C15H17BrClFN2S/c1-9(17)15-19-13-7-12(18)11(16)6-14(13)20(15)8-10-2-4-21-5-3-10/h6-7,9-10H,2-5,8H2,1H3. The fraction of sp³-hybridized carbons (Fsp3) is 0.533. The Morgan fingerprint density at radius 1 is 1.48 bits per heavy atom. The van der Waals surface area contributed by atoms with Gasteiger partial charge in [0.1, 0.15) is 11.6 Å². The second-order valence-electron chi connectivity index (χ2n) is 5.51. The number of hydrogen-bond acceptors (Lipinski definition) is 2. The predicted octanol–water partition coefficient (Wildman–Crippen LogP) is 5.38. The molecule has 0 saturated carbocycles. The Bertz CT molecular complexity index is 653. The number of alkyl halides is 1. The van der Waals surface area contributed by atoms with Crippen LogP contribution in [0.1, 0.15) is 31.0 Å². The van der Waals surface area contributed by atoms with Crippen LogP contribution in [-0.2, 0) is 6.54 Å². The van der Waals surface area contributed by atoms with Crippen molar-refractivity contribution in [2.75, 3.05) is 11.5 Å². The Balaban J connectivity index is 2.04. The maximum Gasteiger partial charge on any atom is 0.139 e. The Labute approximate surface area is 141 Å². The van der Waals surface area contributed by atoms with Gasteiger partial charge < -0.3 is 4.57 Å². The zero-order valence-corrected chi connectivity index (χ0v) is 14.9. The molecule has 0 bridgehead atoms. The number of imidazole rings is 1. The van der Waals surface area contributed by atoms with E-state index < -0.39 is 0 Å². The molecule has 1 aliphatic heterocycles. The summed E-state index contributed by atoms with van der Waals surface area (Å²) in [7, 11) is 0. The van der Waals surface area contributed by atoms with Gasteiger partial charge in [0.25, 0.3) is 0 Å². The van der Waals surface area contributed by atoms with Gasteiger partial charge in [-0.1, -0.05) is 0 Å². The number of hydrogen-bond donors (Lipinski definition) is 0. The number of rotatable bonds is 3. The minimum atomic E-state index is -0.282. The van der Waals surface area contributed by atoms with Gasteiger partial charge in [0.15, 0.2) is 0 Å². The van der Waals surface area contributed by atoms with E-state index in [1.807, 2.05) is 24.8 Å². The number of aromatic nitrogens is 2. The van der Waals surface area contributed by atoms with Gasteiger partial charge in [0.2, 0.25) is 0 Å². The second-order valence-corrected chi connectivity index (χ2v) is 8.24. The Hall–Kier alpha value is -0.260. The molecule has 1 unspecified atom stereocenters. The smallest absolute Gasteiger partial charge is 0.139 e. The maximum absolute atomic E-state index is 13.7. The van der Waals surface area contributed by atoms with E-state index in [4.69, 9.17) is 11.6 Å². The van der Waals surface area contributed by atoms with Crippen LogP contribution in [0.15, 0.2) is 16.6 Å². The number of fused-ring (bicyclic) bond motifs is 1. The van der Waals surface area contributed by atoms with Crippen molar-refractivity contribution in [1.82, 2.24) is 9.55 Å². The summed E-state index contributed by atoms with van der Waals surface area (Å²) in [4.78, 5) is 4.54. The maximum atomic E-state index is 13.7. The molecule has 114 valence electrons. The minimum Gasteiger partial charge on any atom is -0.326 e. The number of benzene rings is 1. The number of halogens is 3. The van der Waals surface area contributed by atoms with Gasteiger partial charge in [-0.05, 0) is 59.2 Å². The topological polar surface area (TPSA) is 17.8 Å². The highest BCUT2D eigenvalue weighted by Crippen LogP contribution is 2.31. The van der Waals surface area contributed by atoms with Crippen molar-refractivity contribution in [3.8, 4) is 0 Å². The van der Waals surface area contributed by atoms with Crippen LogP contribution >= 0.6 is 39.3 Å². The molecule has 2 heterocycles. The third-order valence-electron chi connectivity index (χ3n) is 3.96. The summed E-state index contributed by atoms with van der Waals surface area (Å²) in [6.07, 6.45) is 2.45. The van der Waals surface area contributed by atoms with Crippen molar-refractivity contribution in [3.05, 3.63) is 28.2 Å². The van der Waals surface area contributed by atoms with Crippen molar-refractivity contribution in [3.63, 3.8) is 0 Å². The fourth-order valence-corrected chi connectivity index (χ4v) is 4.52. The molecular formula is C15H17BrClFN2S. The lowest BCUT2D eigenvalue weighted by atomic mass is 10.0. The highest BCUT2D eigenvalue weighted by Gasteiger charge is 2.21. The van der Waals surface area contributed by atoms with Crippen molar-refractivity contribution < 1.29 is 4.39 Å². The molecule has 1 aromatic carbocycles. The molecule has 1 saturated heterocycles. The van der Waals surface area contributed by atoms with E-state index in [9.17, 15) is 4.39 Å². The Kier molecular flexibility index (Phi) is 4.81. The van der Waals surface area contributed by atoms with Crippen LogP contribution in [0, 0.1) is 11.7 Å². The zero-order valence-electron chi connectivity index (χ0n) is 11.8. The van der Waals surface area contributed by atoms with Crippen LogP contribution in [0.4, 0.5) is 4.39 Å². The van der Waals surface area contributed by atoms with Crippen LogP contribution in [0.25, 0.3) is 11.0 Å². The molecular weight excluding hydrogens is 375 g/mol. The third kappa shape index (κ3) is 3.25. The molecule has 0 radical (unpaired) electrons. The SMILES string of the molecule is CC(Cl)c1nc2cc(F)c(Br)cc2n1CC1CCSCC1. The second kappa shape index (κ2) is 6.47. The summed E-state index contributed by atoms with van der Waals surface area (Å²) >= 11 is 11.6. The molecule has 0 spiro atoms. The number of thioether (sulfide) groups is 1. The van der Waals surface area contributed by atoms with Crippen LogP contribution in [0.3, 0.4) is 0 Å². The summed E-state index contributed by atoms with van der Waals surface area (Å²) in [6.45, 7) is 2.84. The van der Waals surface area contributed by atoms with Crippen molar-refractivity contribution in [1.29, 1.82) is 0 Å². The highest BCUT2D eigenvalue weighted by molar-refractivity contribution is 9.10. The molecule has 0 aliphatic carbocycles. The molecule has 6 heteroatoms. The van der Waals surface area contributed by atoms with Gasteiger partial charge >= 0.3 is 0 Å². The van der Waals surface area contributed by atoms with Crippen LogP contribution in [-0.4, -0.2) is 21.1 Å². The normalized spacial score (nSPS) is 18.3. The highest BCUT2D eigenvalue weighted by atomic mass is 79.9. The first kappa shape index (κ1) is 15.6. The monoisotopic (exact) mass is 390 g/mol. The Morgan fingerprint density at radius 2 is 2.19 bits per heavy atom. The summed E-state index contributed by atoms with van der Waals surface area (Å²) in [5.74, 6) is 3.65. The van der Waals surface area contributed by atoms with E-state index in [0.29, 0.717) is 15.9 Å². The molecule has 0 N–H and O–H groups in total. The minimum absolute atomic E-state index is 0.183. The molecule has 21 heavy (non-hydrogen) atoms. The van der Waals surface area contributed by atoms with Gasteiger partial charge in [-0.2, -0.15) is 11.8 Å². The average molecular weight is 392 g/mol. The lowest BCUT2D eigenvalue weighted by molar-refractivity contribution is 0.415. The Morgan fingerprint density at radius 3 is 2.86 bits per heavy atom. The van der Waals surface area contributed by atoms with Gasteiger partial charge in [-0.25, -0.2) is 9.37 Å². The summed E-state index contributed by atoms with van der Waals surface area (Å²) in [5, 5.41) is -0.183. The lowest BCUT2D eigenvalue weighted by Crippen LogP contribution is -2.18. The zero-order chi connectivity index (χ0) is 15.0. The quantitative estimate of drug-likeness (QED) is 0.654. The first-order valence-corrected chi connectivity index (χ1v) is 9.51. The van der Waals surface area contributed by atoms with E-state index in [2.05, 4.69) is 25.5 Å². The predicted molar refractivity (Wildman–Crippen MR) is 91.7 cm³/mol.